The van der Waals surface area contributed by atoms with E-state index in [0.717, 1.165) is 18.0 Å². The number of carbonyl (C=O) groups excluding carboxylic acids is 1. The van der Waals surface area contributed by atoms with E-state index in [0.29, 0.717) is 22.9 Å². The van der Waals surface area contributed by atoms with Gasteiger partial charge in [0.1, 0.15) is 11.5 Å². The zero-order chi connectivity index (χ0) is 27.6. The van der Waals surface area contributed by atoms with Crippen LogP contribution in [0, 0.1) is 10.1 Å². The quantitative estimate of drug-likeness (QED) is 0.0828. The van der Waals surface area contributed by atoms with E-state index in [1.165, 1.54) is 30.3 Å². The Kier molecular flexibility index (Phi) is 7.33. The molecular formula is C26H21F4N3O5. The van der Waals surface area contributed by atoms with Crippen LogP contribution >= 0.6 is 0 Å². The maximum atomic E-state index is 13.6. The number of non-ortho nitro benzene ring substituents is 1. The molecule has 0 fully saturated rings. The SMILES string of the molecule is CCn1c2ccc(/C(=N/OC(C)=O)c3ccccc3OCC(F)(F)C(F)F)cc2c2cc([N+](=O)[O-])ccc21. The van der Waals surface area contributed by atoms with Crippen LogP contribution in [-0.4, -0.2) is 40.1 Å². The van der Waals surface area contributed by atoms with Gasteiger partial charge in [-0.2, -0.15) is 8.78 Å². The maximum absolute atomic E-state index is 13.6. The molecule has 4 rings (SSSR count). The lowest BCUT2D eigenvalue weighted by atomic mass is 9.99. The van der Waals surface area contributed by atoms with Gasteiger partial charge in [0.25, 0.3) is 5.69 Å². The van der Waals surface area contributed by atoms with Crippen molar-refractivity contribution in [3.8, 4) is 5.75 Å². The number of oxime groups is 1. The lowest BCUT2D eigenvalue weighted by molar-refractivity contribution is -0.384. The number of rotatable bonds is 9. The smallest absolute Gasteiger partial charge is 0.340 e. The zero-order valence-corrected chi connectivity index (χ0v) is 20.2. The standard InChI is InChI=1S/C26H21F4N3O5/c1-3-32-21-10-8-16(12-19(21)20-13-17(33(35)36)9-11-22(20)32)24(31-38-15(2)34)18-6-4-5-7-23(18)37-14-26(29,30)25(27)28/h4-13,25H,3,14H2,1-2H3/b31-24-. The first-order chi connectivity index (χ1) is 18.0. The second kappa shape index (κ2) is 10.5. The third-order valence-electron chi connectivity index (χ3n) is 5.80. The van der Waals surface area contributed by atoms with Crippen molar-refractivity contribution in [2.24, 2.45) is 5.16 Å². The summed E-state index contributed by atoms with van der Waals surface area (Å²) in [6, 6.07) is 15.3. The van der Waals surface area contributed by atoms with Gasteiger partial charge in [0, 0.05) is 58.5 Å². The molecule has 0 aliphatic rings. The highest BCUT2D eigenvalue weighted by Crippen LogP contribution is 2.34. The number of nitrogens with zero attached hydrogens (tertiary/aromatic N) is 3. The highest BCUT2D eigenvalue weighted by Gasteiger charge is 2.42. The van der Waals surface area contributed by atoms with Crippen LogP contribution in [0.15, 0.2) is 65.8 Å². The first-order valence-corrected chi connectivity index (χ1v) is 11.4. The zero-order valence-electron chi connectivity index (χ0n) is 20.2. The molecule has 0 saturated heterocycles. The van der Waals surface area contributed by atoms with Crippen molar-refractivity contribution in [2.45, 2.75) is 32.7 Å². The molecular weight excluding hydrogens is 510 g/mol. The number of aryl methyl sites for hydroxylation is 1. The Morgan fingerprint density at radius 3 is 2.37 bits per heavy atom. The van der Waals surface area contributed by atoms with Gasteiger partial charge in [-0.15, -0.1) is 0 Å². The number of alkyl halides is 4. The van der Waals surface area contributed by atoms with Crippen LogP contribution in [0.5, 0.6) is 5.75 Å². The second-order valence-electron chi connectivity index (χ2n) is 8.30. The van der Waals surface area contributed by atoms with Crippen LogP contribution in [0.4, 0.5) is 23.2 Å². The third kappa shape index (κ3) is 5.15. The minimum absolute atomic E-state index is 0.000826. The number of fused-ring (bicyclic) bond motifs is 3. The monoisotopic (exact) mass is 531 g/mol. The summed E-state index contributed by atoms with van der Waals surface area (Å²) in [5, 5.41) is 16.5. The number of benzene rings is 3. The van der Waals surface area contributed by atoms with Gasteiger partial charge in [0.2, 0.25) is 0 Å². The molecule has 0 N–H and O–H groups in total. The summed E-state index contributed by atoms with van der Waals surface area (Å²) < 4.78 is 59.5. The van der Waals surface area contributed by atoms with Crippen LogP contribution in [0.3, 0.4) is 0 Å². The Bertz CT molecular complexity index is 1570. The normalized spacial score (nSPS) is 12.3. The van der Waals surface area contributed by atoms with Crippen molar-refractivity contribution in [3.63, 3.8) is 0 Å². The summed E-state index contributed by atoms with van der Waals surface area (Å²) in [5.74, 6) is -5.34. The summed E-state index contributed by atoms with van der Waals surface area (Å²) >= 11 is 0. The van der Waals surface area contributed by atoms with Crippen LogP contribution in [-0.2, 0) is 16.2 Å². The Hall–Kier alpha value is -4.48. The molecule has 0 unspecified atom stereocenters. The van der Waals surface area contributed by atoms with Crippen LogP contribution < -0.4 is 4.74 Å². The summed E-state index contributed by atoms with van der Waals surface area (Å²) in [6.45, 7) is 2.02. The van der Waals surface area contributed by atoms with Gasteiger partial charge < -0.3 is 14.1 Å². The van der Waals surface area contributed by atoms with Crippen molar-refractivity contribution in [1.82, 2.24) is 4.57 Å². The predicted octanol–water partition coefficient (Wildman–Crippen LogP) is 6.32. The lowest BCUT2D eigenvalue weighted by Crippen LogP contribution is -2.34. The number of hydrogen-bond donors (Lipinski definition) is 0. The van der Waals surface area contributed by atoms with Crippen LogP contribution in [0.1, 0.15) is 25.0 Å². The van der Waals surface area contributed by atoms with Gasteiger partial charge in [-0.25, -0.2) is 13.6 Å². The molecule has 4 aromatic rings. The fourth-order valence-corrected chi connectivity index (χ4v) is 4.09. The minimum Gasteiger partial charge on any atom is -0.486 e. The fourth-order valence-electron chi connectivity index (χ4n) is 4.09. The van der Waals surface area contributed by atoms with Gasteiger partial charge in [-0.3, -0.25) is 10.1 Å². The number of para-hydroxylation sites is 1. The van der Waals surface area contributed by atoms with E-state index >= 15 is 0 Å². The highest BCUT2D eigenvalue weighted by molar-refractivity contribution is 6.18. The van der Waals surface area contributed by atoms with E-state index in [9.17, 15) is 32.5 Å². The van der Waals surface area contributed by atoms with Crippen molar-refractivity contribution in [3.05, 3.63) is 81.9 Å². The number of nitro benzene ring substituents is 1. The number of carbonyl (C=O) groups is 1. The van der Waals surface area contributed by atoms with E-state index in [1.807, 2.05) is 11.5 Å². The van der Waals surface area contributed by atoms with E-state index in [-0.39, 0.29) is 22.7 Å². The number of hydrogen-bond acceptors (Lipinski definition) is 6. The molecule has 0 aliphatic carbocycles. The Morgan fingerprint density at radius 1 is 1.08 bits per heavy atom. The van der Waals surface area contributed by atoms with E-state index in [4.69, 9.17) is 9.57 Å². The number of nitro groups is 1. The van der Waals surface area contributed by atoms with Gasteiger partial charge in [0.15, 0.2) is 6.61 Å². The topological polar surface area (TPSA) is 96.0 Å². The van der Waals surface area contributed by atoms with Gasteiger partial charge in [-0.1, -0.05) is 23.4 Å². The minimum atomic E-state index is -4.39. The van der Waals surface area contributed by atoms with Crippen molar-refractivity contribution < 1.29 is 36.9 Å². The van der Waals surface area contributed by atoms with Crippen molar-refractivity contribution in [2.75, 3.05) is 6.61 Å². The molecule has 198 valence electrons. The summed E-state index contributed by atoms with van der Waals surface area (Å²) in [6.07, 6.45) is -3.92. The molecule has 0 spiro atoms. The molecule has 0 bridgehead atoms. The van der Waals surface area contributed by atoms with Gasteiger partial charge in [0.05, 0.1) is 4.92 Å². The molecule has 38 heavy (non-hydrogen) atoms. The van der Waals surface area contributed by atoms with Crippen LogP contribution in [0.2, 0.25) is 0 Å². The molecule has 1 aromatic heterocycles. The summed E-state index contributed by atoms with van der Waals surface area (Å²) in [7, 11) is 0. The average Bonchev–Trinajstić information content (AvgIpc) is 3.20. The van der Waals surface area contributed by atoms with Crippen molar-refractivity contribution >= 4 is 39.2 Å². The van der Waals surface area contributed by atoms with E-state index in [2.05, 4.69) is 5.16 Å². The largest absolute Gasteiger partial charge is 0.486 e. The lowest BCUT2D eigenvalue weighted by Gasteiger charge is -2.18. The third-order valence-corrected chi connectivity index (χ3v) is 5.80. The Morgan fingerprint density at radius 2 is 1.74 bits per heavy atom. The van der Waals surface area contributed by atoms with Crippen molar-refractivity contribution in [1.29, 1.82) is 0 Å². The number of ether oxygens (including phenoxy) is 1. The molecule has 0 aliphatic heterocycles. The molecule has 8 nitrogen and oxygen atoms in total. The summed E-state index contributed by atoms with van der Waals surface area (Å²) in [5.41, 5.74) is 1.87. The number of halogens is 4. The second-order valence-corrected chi connectivity index (χ2v) is 8.30. The first-order valence-electron chi connectivity index (χ1n) is 11.4. The fraction of sp³-hybridized carbons (Fsp3) is 0.231. The average molecular weight is 531 g/mol. The maximum Gasteiger partial charge on any atom is 0.340 e. The number of aromatic nitrogens is 1. The molecule has 1 heterocycles. The Labute approximate surface area is 213 Å². The highest BCUT2D eigenvalue weighted by atomic mass is 19.3. The van der Waals surface area contributed by atoms with Gasteiger partial charge >= 0.3 is 18.3 Å². The molecule has 0 atom stereocenters. The molecule has 0 amide bonds. The Balaban J connectivity index is 1.89. The molecule has 0 saturated carbocycles. The molecule has 3 aromatic carbocycles. The van der Waals surface area contributed by atoms with Gasteiger partial charge in [-0.05, 0) is 37.3 Å². The summed E-state index contributed by atoms with van der Waals surface area (Å²) in [4.78, 5) is 27.3. The predicted molar refractivity (Wildman–Crippen MR) is 132 cm³/mol. The van der Waals surface area contributed by atoms with E-state index < -0.39 is 29.8 Å². The van der Waals surface area contributed by atoms with E-state index in [1.54, 1.807) is 30.3 Å². The molecule has 12 heteroatoms. The van der Waals surface area contributed by atoms with Crippen LogP contribution in [0.25, 0.3) is 21.8 Å². The molecule has 0 radical (unpaired) electrons. The first kappa shape index (κ1) is 26.6.